The molecule has 1 aromatic rings. The van der Waals surface area contributed by atoms with Crippen molar-refractivity contribution in [1.29, 1.82) is 0 Å². The fraction of sp³-hybridized carbons (Fsp3) is 0.412. The van der Waals surface area contributed by atoms with Crippen LogP contribution in [0.3, 0.4) is 0 Å². The van der Waals surface area contributed by atoms with Crippen LogP contribution in [-0.4, -0.2) is 35.7 Å². The number of hydrogen-bond donors (Lipinski definition) is 2. The molecule has 1 rings (SSSR count). The first-order chi connectivity index (χ1) is 11.8. The Bertz CT molecular complexity index is 630. The van der Waals surface area contributed by atoms with E-state index in [-0.39, 0.29) is 11.1 Å². The summed E-state index contributed by atoms with van der Waals surface area (Å²) >= 11 is 5.03. The van der Waals surface area contributed by atoms with E-state index in [4.69, 9.17) is 21.7 Å². The second kappa shape index (κ2) is 10.4. The second-order valence-electron chi connectivity index (χ2n) is 5.26. The molecular formula is C17H22N2O5S. The molecule has 1 aromatic carbocycles. The van der Waals surface area contributed by atoms with Crippen molar-refractivity contribution < 1.29 is 23.9 Å². The van der Waals surface area contributed by atoms with Gasteiger partial charge in [-0.25, -0.2) is 4.79 Å². The SMILES string of the molecule is CCCCOC(=O)c1ccc(NC(=S)NC(=O)C(C)OC(C)=O)cc1. The molecule has 2 N–H and O–H groups in total. The fourth-order valence-corrected chi connectivity index (χ4v) is 1.98. The third kappa shape index (κ3) is 7.75. The van der Waals surface area contributed by atoms with Gasteiger partial charge in [-0.3, -0.25) is 14.9 Å². The van der Waals surface area contributed by atoms with Crippen LogP contribution in [0, 0.1) is 0 Å². The maximum atomic E-state index is 11.8. The van der Waals surface area contributed by atoms with Crippen molar-refractivity contribution in [2.75, 3.05) is 11.9 Å². The summed E-state index contributed by atoms with van der Waals surface area (Å²) in [6.07, 6.45) is 0.832. The van der Waals surface area contributed by atoms with Gasteiger partial charge in [-0.1, -0.05) is 13.3 Å². The summed E-state index contributed by atoms with van der Waals surface area (Å²) in [5, 5.41) is 5.28. The molecule has 136 valence electrons. The number of amides is 1. The van der Waals surface area contributed by atoms with E-state index >= 15 is 0 Å². The molecule has 0 spiro atoms. The van der Waals surface area contributed by atoms with Crippen LogP contribution >= 0.6 is 12.2 Å². The van der Waals surface area contributed by atoms with Crippen LogP contribution in [0.4, 0.5) is 5.69 Å². The minimum Gasteiger partial charge on any atom is -0.462 e. The van der Waals surface area contributed by atoms with Gasteiger partial charge in [0, 0.05) is 12.6 Å². The average molecular weight is 366 g/mol. The maximum Gasteiger partial charge on any atom is 0.338 e. The zero-order valence-corrected chi connectivity index (χ0v) is 15.3. The van der Waals surface area contributed by atoms with Crippen LogP contribution in [0.5, 0.6) is 0 Å². The molecule has 1 atom stereocenters. The summed E-state index contributed by atoms with van der Waals surface area (Å²) in [4.78, 5) is 34.4. The Morgan fingerprint density at radius 2 is 1.84 bits per heavy atom. The first-order valence-electron chi connectivity index (χ1n) is 7.89. The number of ether oxygens (including phenoxy) is 2. The second-order valence-corrected chi connectivity index (χ2v) is 5.67. The fourth-order valence-electron chi connectivity index (χ4n) is 1.76. The van der Waals surface area contributed by atoms with E-state index in [1.807, 2.05) is 6.92 Å². The predicted octanol–water partition coefficient (Wildman–Crippen LogP) is 2.41. The van der Waals surface area contributed by atoms with Gasteiger partial charge >= 0.3 is 11.9 Å². The topological polar surface area (TPSA) is 93.7 Å². The Labute approximate surface area is 152 Å². The van der Waals surface area contributed by atoms with Crippen molar-refractivity contribution in [3.63, 3.8) is 0 Å². The van der Waals surface area contributed by atoms with Crippen molar-refractivity contribution in [3.8, 4) is 0 Å². The highest BCUT2D eigenvalue weighted by atomic mass is 32.1. The molecule has 0 fully saturated rings. The zero-order valence-electron chi connectivity index (χ0n) is 14.5. The summed E-state index contributed by atoms with van der Waals surface area (Å²) in [6.45, 7) is 5.07. The van der Waals surface area contributed by atoms with Gasteiger partial charge < -0.3 is 14.8 Å². The first kappa shape index (κ1) is 20.6. The van der Waals surface area contributed by atoms with Crippen molar-refractivity contribution in [1.82, 2.24) is 5.32 Å². The number of esters is 2. The molecule has 0 saturated heterocycles. The Morgan fingerprint density at radius 1 is 1.20 bits per heavy atom. The van der Waals surface area contributed by atoms with Crippen LogP contribution in [0.2, 0.25) is 0 Å². The van der Waals surface area contributed by atoms with Crippen LogP contribution < -0.4 is 10.6 Å². The van der Waals surface area contributed by atoms with E-state index in [1.54, 1.807) is 24.3 Å². The Hall–Kier alpha value is -2.48. The summed E-state index contributed by atoms with van der Waals surface area (Å²) in [5.41, 5.74) is 1.02. The highest BCUT2D eigenvalue weighted by Gasteiger charge is 2.17. The molecule has 0 aliphatic heterocycles. The van der Waals surface area contributed by atoms with Gasteiger partial charge in [-0.2, -0.15) is 0 Å². The number of rotatable bonds is 7. The van der Waals surface area contributed by atoms with E-state index in [2.05, 4.69) is 10.6 Å². The third-order valence-corrected chi connectivity index (χ3v) is 3.26. The molecule has 0 aliphatic carbocycles. The number of thiocarbonyl (C=S) groups is 1. The molecule has 0 radical (unpaired) electrons. The number of hydrogen-bond acceptors (Lipinski definition) is 6. The smallest absolute Gasteiger partial charge is 0.338 e. The molecule has 1 unspecified atom stereocenters. The van der Waals surface area contributed by atoms with Crippen LogP contribution in [-0.2, 0) is 19.1 Å². The number of carbonyl (C=O) groups excluding carboxylic acids is 3. The highest BCUT2D eigenvalue weighted by molar-refractivity contribution is 7.80. The van der Waals surface area contributed by atoms with Crippen LogP contribution in [0.1, 0.15) is 44.0 Å². The maximum absolute atomic E-state index is 11.8. The molecule has 0 heterocycles. The summed E-state index contributed by atoms with van der Waals surface area (Å²) in [5.74, 6) is -1.47. The van der Waals surface area contributed by atoms with E-state index in [0.717, 1.165) is 12.8 Å². The van der Waals surface area contributed by atoms with Gasteiger partial charge in [-0.05, 0) is 49.8 Å². The molecule has 0 bridgehead atoms. The largest absolute Gasteiger partial charge is 0.462 e. The average Bonchev–Trinajstić information content (AvgIpc) is 2.54. The number of carbonyl (C=O) groups is 3. The van der Waals surface area contributed by atoms with Crippen molar-refractivity contribution in [2.24, 2.45) is 0 Å². The van der Waals surface area contributed by atoms with Crippen molar-refractivity contribution in [2.45, 2.75) is 39.7 Å². The summed E-state index contributed by atoms with van der Waals surface area (Å²) in [6, 6.07) is 6.49. The van der Waals surface area contributed by atoms with Gasteiger partial charge in [0.05, 0.1) is 12.2 Å². The molecule has 1 amide bonds. The molecular weight excluding hydrogens is 344 g/mol. The molecule has 0 aromatic heterocycles. The zero-order chi connectivity index (χ0) is 18.8. The van der Waals surface area contributed by atoms with E-state index in [9.17, 15) is 14.4 Å². The normalized spacial score (nSPS) is 11.2. The minimum absolute atomic E-state index is 0.0577. The van der Waals surface area contributed by atoms with Crippen LogP contribution in [0.25, 0.3) is 0 Å². The minimum atomic E-state index is -0.947. The lowest BCUT2D eigenvalue weighted by Gasteiger charge is -2.14. The van der Waals surface area contributed by atoms with Gasteiger partial charge in [0.15, 0.2) is 11.2 Å². The third-order valence-electron chi connectivity index (χ3n) is 3.06. The monoisotopic (exact) mass is 366 g/mol. The number of unbranched alkanes of at least 4 members (excludes halogenated alkanes) is 1. The summed E-state index contributed by atoms with van der Waals surface area (Å²) in [7, 11) is 0. The van der Waals surface area contributed by atoms with Crippen molar-refractivity contribution >= 4 is 40.9 Å². The lowest BCUT2D eigenvalue weighted by molar-refractivity contribution is -0.152. The molecule has 8 heteroatoms. The standard InChI is InChI=1S/C17H22N2O5S/c1-4-5-10-23-16(22)13-6-8-14(9-7-13)18-17(25)19-15(21)11(2)24-12(3)20/h6-9,11H,4-5,10H2,1-3H3,(H2,18,19,21,25). The quantitative estimate of drug-likeness (QED) is 0.435. The lowest BCUT2D eigenvalue weighted by atomic mass is 10.2. The molecule has 0 saturated carbocycles. The number of nitrogens with one attached hydrogen (secondary N) is 2. The molecule has 25 heavy (non-hydrogen) atoms. The first-order valence-corrected chi connectivity index (χ1v) is 8.30. The van der Waals surface area contributed by atoms with Gasteiger partial charge in [-0.15, -0.1) is 0 Å². The molecule has 0 aliphatic rings. The Kier molecular flexibility index (Phi) is 8.55. The van der Waals surface area contributed by atoms with E-state index in [0.29, 0.717) is 17.9 Å². The predicted molar refractivity (Wildman–Crippen MR) is 97.2 cm³/mol. The van der Waals surface area contributed by atoms with Gasteiger partial charge in [0.1, 0.15) is 0 Å². The number of benzene rings is 1. The van der Waals surface area contributed by atoms with E-state index < -0.39 is 18.0 Å². The highest BCUT2D eigenvalue weighted by Crippen LogP contribution is 2.11. The summed E-state index contributed by atoms with van der Waals surface area (Å²) < 4.78 is 9.87. The Balaban J connectivity index is 2.51. The molecule has 7 nitrogen and oxygen atoms in total. The Morgan fingerprint density at radius 3 is 2.40 bits per heavy atom. The van der Waals surface area contributed by atoms with Gasteiger partial charge in [0.25, 0.3) is 5.91 Å². The van der Waals surface area contributed by atoms with E-state index in [1.165, 1.54) is 13.8 Å². The van der Waals surface area contributed by atoms with Crippen LogP contribution in [0.15, 0.2) is 24.3 Å². The lowest BCUT2D eigenvalue weighted by Crippen LogP contribution is -2.41. The van der Waals surface area contributed by atoms with Crippen molar-refractivity contribution in [3.05, 3.63) is 29.8 Å². The van der Waals surface area contributed by atoms with Gasteiger partial charge in [0.2, 0.25) is 0 Å². The number of anilines is 1.